The molecule has 2 amide bonds. The molecule has 6 nitrogen and oxygen atoms in total. The Morgan fingerprint density at radius 3 is 2.44 bits per heavy atom. The summed E-state index contributed by atoms with van der Waals surface area (Å²) in [6, 6.07) is 17.0. The Hall–Kier alpha value is -3.58. The maximum absolute atomic E-state index is 12.8. The van der Waals surface area contributed by atoms with E-state index in [0.717, 1.165) is 34.0 Å². The summed E-state index contributed by atoms with van der Waals surface area (Å²) in [5, 5.41) is -0.272. The topological polar surface area (TPSA) is 68.7 Å². The van der Waals surface area contributed by atoms with Crippen LogP contribution >= 0.6 is 11.8 Å². The van der Waals surface area contributed by atoms with Crippen molar-refractivity contribution in [1.29, 1.82) is 0 Å². The molecule has 0 spiro atoms. The Kier molecular flexibility index (Phi) is 6.56. The molecule has 0 unspecified atom stereocenters. The molecular weight excluding hydrogens is 424 g/mol. The van der Waals surface area contributed by atoms with Crippen LogP contribution in [0.25, 0.3) is 6.08 Å². The number of benzene rings is 2. The zero-order chi connectivity index (χ0) is 22.5. The number of thioether (sulfide) groups is 1. The molecule has 3 aromatic rings. The highest BCUT2D eigenvalue weighted by atomic mass is 32.2. The molecule has 0 radical (unpaired) electrons. The van der Waals surface area contributed by atoms with Crippen molar-refractivity contribution in [3.63, 3.8) is 0 Å². The van der Waals surface area contributed by atoms with Crippen molar-refractivity contribution in [1.82, 2.24) is 9.88 Å². The summed E-state index contributed by atoms with van der Waals surface area (Å²) in [6.45, 7) is 2.64. The molecule has 0 atom stereocenters. The summed E-state index contributed by atoms with van der Waals surface area (Å²) in [5.41, 5.74) is 3.79. The zero-order valence-electron chi connectivity index (χ0n) is 17.8. The summed E-state index contributed by atoms with van der Waals surface area (Å²) in [5.74, 6) is 0.846. The number of methoxy groups -OCH3 is 1. The van der Waals surface area contributed by atoms with Crippen molar-refractivity contribution in [2.24, 2.45) is 0 Å². The quantitative estimate of drug-likeness (QED) is 0.464. The van der Waals surface area contributed by atoms with E-state index in [4.69, 9.17) is 9.47 Å². The maximum atomic E-state index is 12.8. The Labute approximate surface area is 190 Å². The Morgan fingerprint density at radius 2 is 1.72 bits per heavy atom. The Balaban J connectivity index is 1.48. The summed E-state index contributed by atoms with van der Waals surface area (Å²) in [4.78, 5) is 30.9. The molecule has 0 bridgehead atoms. The highest BCUT2D eigenvalue weighted by molar-refractivity contribution is 8.18. The number of aryl methyl sites for hydroxylation is 1. The van der Waals surface area contributed by atoms with Gasteiger partial charge in [-0.3, -0.25) is 19.5 Å². The molecule has 2 heterocycles. The van der Waals surface area contributed by atoms with Gasteiger partial charge in [-0.2, -0.15) is 0 Å². The third kappa shape index (κ3) is 5.00. The van der Waals surface area contributed by atoms with Crippen LogP contribution in [0.15, 0.2) is 71.9 Å². The van der Waals surface area contributed by atoms with Gasteiger partial charge in [0.1, 0.15) is 6.61 Å². The first kappa shape index (κ1) is 21.6. The van der Waals surface area contributed by atoms with E-state index in [-0.39, 0.29) is 17.7 Å². The number of hydrogen-bond donors (Lipinski definition) is 0. The van der Waals surface area contributed by atoms with Crippen LogP contribution in [-0.2, 0) is 17.9 Å². The lowest BCUT2D eigenvalue weighted by Crippen LogP contribution is -2.27. The van der Waals surface area contributed by atoms with E-state index in [1.54, 1.807) is 37.7 Å². The van der Waals surface area contributed by atoms with E-state index in [1.165, 1.54) is 4.90 Å². The van der Waals surface area contributed by atoms with E-state index < -0.39 is 0 Å². The molecular formula is C25H22N2O4S. The molecule has 32 heavy (non-hydrogen) atoms. The fraction of sp³-hybridized carbons (Fsp3) is 0.160. The van der Waals surface area contributed by atoms with Crippen LogP contribution < -0.4 is 9.47 Å². The van der Waals surface area contributed by atoms with Crippen LogP contribution in [0, 0.1) is 6.92 Å². The average molecular weight is 447 g/mol. The van der Waals surface area contributed by atoms with Gasteiger partial charge in [0.2, 0.25) is 0 Å². The fourth-order valence-electron chi connectivity index (χ4n) is 3.20. The number of hydrogen-bond acceptors (Lipinski definition) is 6. The van der Waals surface area contributed by atoms with Crippen molar-refractivity contribution in [2.45, 2.75) is 20.1 Å². The molecule has 1 aromatic heterocycles. The molecule has 0 N–H and O–H groups in total. The maximum Gasteiger partial charge on any atom is 0.293 e. The third-order valence-electron chi connectivity index (χ3n) is 4.96. The number of nitrogens with zero attached hydrogens (tertiary/aromatic N) is 2. The van der Waals surface area contributed by atoms with Gasteiger partial charge in [-0.15, -0.1) is 0 Å². The summed E-state index contributed by atoms with van der Waals surface area (Å²) in [6.07, 6.45) is 5.13. The van der Waals surface area contributed by atoms with E-state index in [0.29, 0.717) is 23.0 Å². The minimum Gasteiger partial charge on any atom is -0.493 e. The Morgan fingerprint density at radius 1 is 0.969 bits per heavy atom. The van der Waals surface area contributed by atoms with Crippen molar-refractivity contribution < 1.29 is 19.1 Å². The number of carbonyl (C=O) groups is 2. The molecule has 7 heteroatoms. The second-order valence-corrected chi connectivity index (χ2v) is 8.30. The number of rotatable bonds is 7. The monoisotopic (exact) mass is 446 g/mol. The van der Waals surface area contributed by atoms with Crippen molar-refractivity contribution in [3.8, 4) is 11.5 Å². The normalized spacial score (nSPS) is 14.8. The summed E-state index contributed by atoms with van der Waals surface area (Å²) < 4.78 is 11.3. The number of aromatic nitrogens is 1. The van der Waals surface area contributed by atoms with Crippen LogP contribution in [0.4, 0.5) is 4.79 Å². The van der Waals surface area contributed by atoms with E-state index in [9.17, 15) is 9.59 Å². The smallest absolute Gasteiger partial charge is 0.293 e. The molecule has 1 aliphatic rings. The van der Waals surface area contributed by atoms with E-state index in [2.05, 4.69) is 4.98 Å². The molecule has 1 saturated heterocycles. The Bertz CT molecular complexity index is 1160. The van der Waals surface area contributed by atoms with Crippen molar-refractivity contribution in [3.05, 3.63) is 94.1 Å². The molecule has 2 aromatic carbocycles. The van der Waals surface area contributed by atoms with Crippen LogP contribution in [0.1, 0.15) is 22.3 Å². The summed E-state index contributed by atoms with van der Waals surface area (Å²) >= 11 is 0.945. The molecule has 1 aliphatic heterocycles. The molecule has 162 valence electrons. The minimum atomic E-state index is -0.294. The fourth-order valence-corrected chi connectivity index (χ4v) is 4.04. The number of amides is 2. The van der Waals surface area contributed by atoms with E-state index >= 15 is 0 Å². The van der Waals surface area contributed by atoms with Crippen LogP contribution in [0.3, 0.4) is 0 Å². The van der Waals surface area contributed by atoms with Crippen molar-refractivity contribution >= 4 is 29.0 Å². The second-order valence-electron chi connectivity index (χ2n) is 7.31. The van der Waals surface area contributed by atoms with Gasteiger partial charge in [0.25, 0.3) is 11.1 Å². The van der Waals surface area contributed by atoms with E-state index in [1.807, 2.05) is 49.4 Å². The predicted molar refractivity (Wildman–Crippen MR) is 124 cm³/mol. The number of pyridine rings is 1. The van der Waals surface area contributed by atoms with Gasteiger partial charge in [0.05, 0.1) is 18.6 Å². The predicted octanol–water partition coefficient (Wildman–Crippen LogP) is 5.21. The molecule has 0 aliphatic carbocycles. The second kappa shape index (κ2) is 9.70. The SMILES string of the molecule is COc1cc(/C=C2\SC(=O)N(Cc3ccc(C)cc3)C2=O)ccc1OCc1ccncc1. The molecule has 1 fully saturated rings. The van der Waals surface area contributed by atoms with Gasteiger partial charge in [-0.1, -0.05) is 35.9 Å². The largest absolute Gasteiger partial charge is 0.493 e. The molecule has 0 saturated carbocycles. The van der Waals surface area contributed by atoms with Gasteiger partial charge in [0.15, 0.2) is 11.5 Å². The highest BCUT2D eigenvalue weighted by Crippen LogP contribution is 2.35. The standard InChI is InChI=1S/C25H22N2O4S/c1-17-3-5-18(6-4-17)15-27-24(28)23(32-25(27)29)14-20-7-8-21(22(13-20)30-2)31-16-19-9-11-26-12-10-19/h3-14H,15-16H2,1-2H3/b23-14-. The lowest BCUT2D eigenvalue weighted by atomic mass is 10.1. The lowest BCUT2D eigenvalue weighted by molar-refractivity contribution is -0.123. The first-order chi connectivity index (χ1) is 15.5. The average Bonchev–Trinajstić information content (AvgIpc) is 3.07. The lowest BCUT2D eigenvalue weighted by Gasteiger charge is -2.13. The summed E-state index contributed by atoms with van der Waals surface area (Å²) in [7, 11) is 1.56. The highest BCUT2D eigenvalue weighted by Gasteiger charge is 2.35. The van der Waals surface area contributed by atoms with Crippen LogP contribution in [0.2, 0.25) is 0 Å². The van der Waals surface area contributed by atoms with Crippen LogP contribution in [-0.4, -0.2) is 28.1 Å². The van der Waals surface area contributed by atoms with Gasteiger partial charge in [-0.25, -0.2) is 0 Å². The van der Waals surface area contributed by atoms with Gasteiger partial charge in [-0.05, 0) is 65.7 Å². The van der Waals surface area contributed by atoms with Crippen molar-refractivity contribution in [2.75, 3.05) is 7.11 Å². The zero-order valence-corrected chi connectivity index (χ0v) is 18.6. The number of carbonyl (C=O) groups excluding carboxylic acids is 2. The third-order valence-corrected chi connectivity index (χ3v) is 5.87. The first-order valence-corrected chi connectivity index (χ1v) is 10.9. The van der Waals surface area contributed by atoms with Gasteiger partial charge < -0.3 is 9.47 Å². The first-order valence-electron chi connectivity index (χ1n) is 10.0. The van der Waals surface area contributed by atoms with Gasteiger partial charge in [0, 0.05) is 12.4 Å². The minimum absolute atomic E-state index is 0.257. The molecule has 4 rings (SSSR count). The van der Waals surface area contributed by atoms with Crippen LogP contribution in [0.5, 0.6) is 11.5 Å². The van der Waals surface area contributed by atoms with Gasteiger partial charge >= 0.3 is 0 Å². The number of ether oxygens (including phenoxy) is 2. The number of imide groups is 1.